The van der Waals surface area contributed by atoms with Crippen molar-refractivity contribution in [3.05, 3.63) is 70.0 Å². The fourth-order valence-corrected chi connectivity index (χ4v) is 5.93. The van der Waals surface area contributed by atoms with Gasteiger partial charge >= 0.3 is 0 Å². The average Bonchev–Trinajstić information content (AvgIpc) is 2.80. The molecule has 2 heteroatoms. The van der Waals surface area contributed by atoms with Gasteiger partial charge in [0.05, 0.1) is 5.02 Å². The van der Waals surface area contributed by atoms with Crippen LogP contribution in [0, 0.1) is 23.6 Å². The van der Waals surface area contributed by atoms with Crippen molar-refractivity contribution in [1.82, 2.24) is 0 Å². The maximum absolute atomic E-state index is 13.6. The van der Waals surface area contributed by atoms with Gasteiger partial charge in [-0.15, -0.1) is 0 Å². The molecule has 0 aliphatic heterocycles. The van der Waals surface area contributed by atoms with Crippen LogP contribution in [0.3, 0.4) is 0 Å². The number of halogens is 2. The van der Waals surface area contributed by atoms with E-state index in [2.05, 4.69) is 31.2 Å². The molecule has 0 atom stereocenters. The molecule has 0 amide bonds. The quantitative estimate of drug-likeness (QED) is 0.402. The first-order valence-electron chi connectivity index (χ1n) is 12.6. The zero-order chi connectivity index (χ0) is 21.6. The van der Waals surface area contributed by atoms with E-state index in [1.807, 2.05) is 6.07 Å². The van der Waals surface area contributed by atoms with E-state index in [4.69, 9.17) is 11.6 Å². The van der Waals surface area contributed by atoms with Gasteiger partial charge in [0, 0.05) is 0 Å². The molecule has 2 saturated carbocycles. The van der Waals surface area contributed by atoms with Crippen LogP contribution in [-0.2, 0) is 12.8 Å². The molecular formula is C29H38ClF. The van der Waals surface area contributed by atoms with Crippen molar-refractivity contribution in [2.45, 2.75) is 89.9 Å². The van der Waals surface area contributed by atoms with E-state index in [1.54, 1.807) is 12.1 Å². The standard InChI is InChI=1S/C29H38ClF/c1-21-2-4-22(5-3-21)6-7-23-10-15-26(16-11-23)27-17-12-24(13-18-27)8-9-25-14-19-28(30)29(31)20-25/h12-14,17-23,26H,2-11,15-16H2,1H3/t21-,22-,23-,26-. The first-order valence-corrected chi connectivity index (χ1v) is 13.0. The third kappa shape index (κ3) is 6.58. The summed E-state index contributed by atoms with van der Waals surface area (Å²) in [7, 11) is 0. The van der Waals surface area contributed by atoms with Crippen LogP contribution in [0.1, 0.15) is 93.7 Å². The van der Waals surface area contributed by atoms with Crippen LogP contribution in [0.5, 0.6) is 0 Å². The van der Waals surface area contributed by atoms with Crippen LogP contribution in [0.25, 0.3) is 0 Å². The van der Waals surface area contributed by atoms with Crippen molar-refractivity contribution >= 4 is 11.6 Å². The molecular weight excluding hydrogens is 403 g/mol. The Bertz CT molecular complexity index is 811. The summed E-state index contributed by atoms with van der Waals surface area (Å²) in [6, 6.07) is 14.4. The lowest BCUT2D eigenvalue weighted by Gasteiger charge is -2.31. The maximum atomic E-state index is 13.6. The summed E-state index contributed by atoms with van der Waals surface area (Å²) < 4.78 is 13.6. The second kappa shape index (κ2) is 11.0. The Balaban J connectivity index is 1.19. The third-order valence-electron chi connectivity index (χ3n) is 8.10. The fourth-order valence-electron chi connectivity index (χ4n) is 5.81. The SMILES string of the molecule is C[C@H]1CC[C@H](CC[C@H]2CC[C@H](c3ccc(CCc4ccc(Cl)c(F)c4)cc3)CC2)CC1. The minimum Gasteiger partial charge on any atom is -0.205 e. The van der Waals surface area contributed by atoms with E-state index >= 15 is 0 Å². The van der Waals surface area contributed by atoms with Crippen LogP contribution in [0.2, 0.25) is 5.02 Å². The molecule has 2 aromatic carbocycles. The summed E-state index contributed by atoms with van der Waals surface area (Å²) >= 11 is 5.78. The molecule has 168 valence electrons. The first kappa shape index (κ1) is 22.8. The normalized spacial score (nSPS) is 26.7. The lowest BCUT2D eigenvalue weighted by atomic mass is 9.74. The van der Waals surface area contributed by atoms with Gasteiger partial charge in [-0.1, -0.05) is 87.4 Å². The topological polar surface area (TPSA) is 0 Å². The largest absolute Gasteiger partial charge is 0.205 e. The van der Waals surface area contributed by atoms with Gasteiger partial charge in [-0.25, -0.2) is 4.39 Å². The minimum atomic E-state index is -0.321. The molecule has 0 saturated heterocycles. The Hall–Kier alpha value is -1.34. The van der Waals surface area contributed by atoms with Gasteiger partial charge in [-0.05, 0) is 91.0 Å². The maximum Gasteiger partial charge on any atom is 0.142 e. The Morgan fingerprint density at radius 1 is 0.742 bits per heavy atom. The highest BCUT2D eigenvalue weighted by molar-refractivity contribution is 6.30. The molecule has 0 N–H and O–H groups in total. The molecule has 0 aromatic heterocycles. The van der Waals surface area contributed by atoms with Gasteiger partial charge in [0.2, 0.25) is 0 Å². The van der Waals surface area contributed by atoms with Gasteiger partial charge in [0.1, 0.15) is 5.82 Å². The van der Waals surface area contributed by atoms with Gasteiger partial charge in [0.15, 0.2) is 0 Å². The molecule has 0 spiro atoms. The molecule has 2 aromatic rings. The lowest BCUT2D eigenvalue weighted by Crippen LogP contribution is -2.17. The van der Waals surface area contributed by atoms with Gasteiger partial charge in [0.25, 0.3) is 0 Å². The predicted molar refractivity (Wildman–Crippen MR) is 130 cm³/mol. The van der Waals surface area contributed by atoms with E-state index in [-0.39, 0.29) is 10.8 Å². The van der Waals surface area contributed by atoms with Crippen molar-refractivity contribution in [2.24, 2.45) is 17.8 Å². The van der Waals surface area contributed by atoms with Crippen LogP contribution in [0.15, 0.2) is 42.5 Å². The predicted octanol–water partition coefficient (Wildman–Crippen LogP) is 9.14. The number of benzene rings is 2. The van der Waals surface area contributed by atoms with E-state index in [0.717, 1.165) is 42.1 Å². The first-order chi connectivity index (χ1) is 15.1. The Labute approximate surface area is 193 Å². The highest BCUT2D eigenvalue weighted by Gasteiger charge is 2.24. The summed E-state index contributed by atoms with van der Waals surface area (Å²) in [4.78, 5) is 0. The van der Waals surface area contributed by atoms with Crippen molar-refractivity contribution < 1.29 is 4.39 Å². The Morgan fingerprint density at radius 2 is 1.29 bits per heavy atom. The molecule has 0 bridgehead atoms. The molecule has 0 radical (unpaired) electrons. The molecule has 0 heterocycles. The number of aryl methyl sites for hydroxylation is 2. The average molecular weight is 441 g/mol. The van der Waals surface area contributed by atoms with Crippen LogP contribution >= 0.6 is 11.6 Å². The molecule has 31 heavy (non-hydrogen) atoms. The monoisotopic (exact) mass is 440 g/mol. The number of hydrogen-bond donors (Lipinski definition) is 0. The van der Waals surface area contributed by atoms with Crippen LogP contribution in [-0.4, -0.2) is 0 Å². The second-order valence-electron chi connectivity index (χ2n) is 10.4. The summed E-state index contributed by atoms with van der Waals surface area (Å²) in [5.41, 5.74) is 3.85. The highest BCUT2D eigenvalue weighted by atomic mass is 35.5. The number of rotatable bonds is 7. The molecule has 0 unspecified atom stereocenters. The van der Waals surface area contributed by atoms with Gasteiger partial charge in [-0.2, -0.15) is 0 Å². The molecule has 2 aliphatic carbocycles. The molecule has 2 fully saturated rings. The fraction of sp³-hybridized carbons (Fsp3) is 0.586. The van der Waals surface area contributed by atoms with Crippen molar-refractivity contribution in [3.63, 3.8) is 0 Å². The van der Waals surface area contributed by atoms with Crippen LogP contribution < -0.4 is 0 Å². The van der Waals surface area contributed by atoms with Crippen molar-refractivity contribution in [1.29, 1.82) is 0 Å². The van der Waals surface area contributed by atoms with Crippen LogP contribution in [0.4, 0.5) is 4.39 Å². The summed E-state index contributed by atoms with van der Waals surface area (Å²) in [5, 5.41) is 0.200. The Morgan fingerprint density at radius 3 is 1.90 bits per heavy atom. The van der Waals surface area contributed by atoms with Crippen molar-refractivity contribution in [3.8, 4) is 0 Å². The minimum absolute atomic E-state index is 0.200. The number of hydrogen-bond acceptors (Lipinski definition) is 0. The molecule has 2 aliphatic rings. The van der Waals surface area contributed by atoms with Gasteiger partial charge < -0.3 is 0 Å². The van der Waals surface area contributed by atoms with Gasteiger partial charge in [-0.3, -0.25) is 0 Å². The van der Waals surface area contributed by atoms with Crippen molar-refractivity contribution in [2.75, 3.05) is 0 Å². The van der Waals surface area contributed by atoms with E-state index in [1.165, 1.54) is 75.3 Å². The Kier molecular flexibility index (Phi) is 8.10. The summed E-state index contributed by atoms with van der Waals surface area (Å²) in [5.74, 6) is 3.38. The zero-order valence-electron chi connectivity index (χ0n) is 19.1. The summed E-state index contributed by atoms with van der Waals surface area (Å²) in [6.07, 6.45) is 16.2. The lowest BCUT2D eigenvalue weighted by molar-refractivity contribution is 0.237. The van der Waals surface area contributed by atoms with E-state index in [0.29, 0.717) is 0 Å². The van der Waals surface area contributed by atoms with E-state index in [9.17, 15) is 4.39 Å². The second-order valence-corrected chi connectivity index (χ2v) is 10.8. The smallest absolute Gasteiger partial charge is 0.142 e. The molecule has 4 rings (SSSR count). The third-order valence-corrected chi connectivity index (χ3v) is 8.41. The zero-order valence-corrected chi connectivity index (χ0v) is 19.8. The summed E-state index contributed by atoms with van der Waals surface area (Å²) in [6.45, 7) is 2.42. The highest BCUT2D eigenvalue weighted by Crippen LogP contribution is 2.39. The van der Waals surface area contributed by atoms with E-state index < -0.39 is 0 Å². The molecule has 0 nitrogen and oxygen atoms in total.